The molecule has 1 unspecified atom stereocenters. The molecule has 7 nitrogen and oxygen atoms in total. The Morgan fingerprint density at radius 2 is 2.00 bits per heavy atom. The monoisotopic (exact) mass is 395 g/mol. The van der Waals surface area contributed by atoms with Crippen LogP contribution < -0.4 is 15.4 Å². The van der Waals surface area contributed by atoms with E-state index in [1.165, 1.54) is 18.0 Å². The highest BCUT2D eigenvalue weighted by Crippen LogP contribution is 2.35. The van der Waals surface area contributed by atoms with Gasteiger partial charge >= 0.3 is 6.03 Å². The molecule has 0 saturated carbocycles. The number of hydrogen-bond donors (Lipinski definition) is 2. The molecule has 0 aliphatic carbocycles. The SMILES string of the molecule is Cc1cncc(COc2ccc(Sc3ccoc3C3NC(=O)NC3=O)cc2)c1. The van der Waals surface area contributed by atoms with Gasteiger partial charge in [0, 0.05) is 22.9 Å². The van der Waals surface area contributed by atoms with Gasteiger partial charge in [-0.2, -0.15) is 0 Å². The fraction of sp³-hybridized carbons (Fsp3) is 0.150. The van der Waals surface area contributed by atoms with Gasteiger partial charge in [-0.05, 0) is 48.9 Å². The molecule has 2 N–H and O–H groups in total. The first-order chi connectivity index (χ1) is 13.6. The summed E-state index contributed by atoms with van der Waals surface area (Å²) in [6.07, 6.45) is 5.10. The van der Waals surface area contributed by atoms with Crippen LogP contribution in [0.5, 0.6) is 5.75 Å². The second-order valence-corrected chi connectivity index (χ2v) is 7.39. The molecule has 1 aromatic carbocycles. The highest BCUT2D eigenvalue weighted by molar-refractivity contribution is 7.99. The second-order valence-electron chi connectivity index (χ2n) is 6.28. The van der Waals surface area contributed by atoms with E-state index in [2.05, 4.69) is 15.6 Å². The van der Waals surface area contributed by atoms with Crippen molar-refractivity contribution in [3.8, 4) is 5.75 Å². The number of furan rings is 1. The van der Waals surface area contributed by atoms with Crippen molar-refractivity contribution in [3.05, 3.63) is 71.9 Å². The van der Waals surface area contributed by atoms with Crippen LogP contribution in [0.25, 0.3) is 0 Å². The Labute approximate surface area is 165 Å². The van der Waals surface area contributed by atoms with Gasteiger partial charge < -0.3 is 14.5 Å². The van der Waals surface area contributed by atoms with Crippen LogP contribution in [0, 0.1) is 6.92 Å². The molecule has 1 aliphatic heterocycles. The quantitative estimate of drug-likeness (QED) is 0.620. The molecular formula is C20H17N3O4S. The zero-order chi connectivity index (χ0) is 19.5. The van der Waals surface area contributed by atoms with Crippen LogP contribution in [0.15, 0.2) is 69.3 Å². The average Bonchev–Trinajstić information content (AvgIpc) is 3.26. The molecule has 0 radical (unpaired) electrons. The second kappa shape index (κ2) is 7.77. The summed E-state index contributed by atoms with van der Waals surface area (Å²) in [4.78, 5) is 29.1. The Balaban J connectivity index is 1.41. The lowest BCUT2D eigenvalue weighted by molar-refractivity contribution is -0.120. The lowest BCUT2D eigenvalue weighted by Crippen LogP contribution is -2.22. The molecule has 1 atom stereocenters. The van der Waals surface area contributed by atoms with E-state index in [1.807, 2.05) is 37.3 Å². The molecule has 4 rings (SSSR count). The molecule has 3 amide bonds. The first-order valence-corrected chi connectivity index (χ1v) is 9.40. The van der Waals surface area contributed by atoms with Gasteiger partial charge in [0.05, 0.1) is 11.2 Å². The van der Waals surface area contributed by atoms with Crippen molar-refractivity contribution in [2.45, 2.75) is 29.4 Å². The molecule has 0 bridgehead atoms. The fourth-order valence-electron chi connectivity index (χ4n) is 2.80. The van der Waals surface area contributed by atoms with Crippen LogP contribution >= 0.6 is 11.8 Å². The summed E-state index contributed by atoms with van der Waals surface area (Å²) in [7, 11) is 0. The van der Waals surface area contributed by atoms with Crippen LogP contribution in [0.3, 0.4) is 0 Å². The third-order valence-electron chi connectivity index (χ3n) is 4.08. The Morgan fingerprint density at radius 3 is 2.71 bits per heavy atom. The van der Waals surface area contributed by atoms with E-state index in [4.69, 9.17) is 9.15 Å². The van der Waals surface area contributed by atoms with E-state index in [9.17, 15) is 9.59 Å². The summed E-state index contributed by atoms with van der Waals surface area (Å²) >= 11 is 1.45. The Kier molecular flexibility index (Phi) is 5.03. The maximum atomic E-state index is 11.9. The molecule has 142 valence electrons. The number of pyridine rings is 1. The Bertz CT molecular complexity index is 1020. The Morgan fingerprint density at radius 1 is 1.18 bits per heavy atom. The fourth-order valence-corrected chi connectivity index (χ4v) is 3.72. The Hall–Kier alpha value is -3.26. The number of ether oxygens (including phenoxy) is 1. The normalized spacial score (nSPS) is 16.0. The molecule has 28 heavy (non-hydrogen) atoms. The van der Waals surface area contributed by atoms with E-state index in [0.717, 1.165) is 26.7 Å². The zero-order valence-corrected chi connectivity index (χ0v) is 15.8. The minimum Gasteiger partial charge on any atom is -0.489 e. The van der Waals surface area contributed by atoms with Crippen molar-refractivity contribution in [3.63, 3.8) is 0 Å². The van der Waals surface area contributed by atoms with Gasteiger partial charge in [0.15, 0.2) is 6.04 Å². The maximum absolute atomic E-state index is 11.9. The van der Waals surface area contributed by atoms with Crippen molar-refractivity contribution in [1.29, 1.82) is 0 Å². The third kappa shape index (κ3) is 4.01. The van der Waals surface area contributed by atoms with Gasteiger partial charge in [-0.15, -0.1) is 0 Å². The number of imide groups is 1. The van der Waals surface area contributed by atoms with Crippen LogP contribution in [-0.2, 0) is 11.4 Å². The highest BCUT2D eigenvalue weighted by Gasteiger charge is 2.35. The highest BCUT2D eigenvalue weighted by atomic mass is 32.2. The molecule has 1 fully saturated rings. The molecule has 3 heterocycles. The minimum absolute atomic E-state index is 0.417. The van der Waals surface area contributed by atoms with Crippen molar-refractivity contribution >= 4 is 23.7 Å². The molecule has 3 aromatic rings. The number of rotatable bonds is 6. The molecule has 8 heteroatoms. The first kappa shape index (κ1) is 18.1. The van der Waals surface area contributed by atoms with Gasteiger partial charge in [0.1, 0.15) is 18.1 Å². The average molecular weight is 395 g/mol. The zero-order valence-electron chi connectivity index (χ0n) is 15.0. The van der Waals surface area contributed by atoms with Crippen LogP contribution in [0.1, 0.15) is 22.9 Å². The summed E-state index contributed by atoms with van der Waals surface area (Å²) in [6.45, 7) is 2.44. The van der Waals surface area contributed by atoms with Crippen LogP contribution in [-0.4, -0.2) is 16.9 Å². The number of carbonyl (C=O) groups is 2. The van der Waals surface area contributed by atoms with Gasteiger partial charge in [0.2, 0.25) is 0 Å². The van der Waals surface area contributed by atoms with Gasteiger partial charge in [-0.1, -0.05) is 11.8 Å². The predicted octanol–water partition coefficient (Wildman–Crippen LogP) is 3.59. The van der Waals surface area contributed by atoms with Crippen molar-refractivity contribution in [2.24, 2.45) is 0 Å². The minimum atomic E-state index is -0.810. The first-order valence-electron chi connectivity index (χ1n) is 8.58. The standard InChI is InChI=1S/C20H17N3O4S/c1-12-8-13(10-21-9-12)11-27-14-2-4-15(5-3-14)28-16-6-7-26-18(16)17-19(24)23-20(25)22-17/h2-10,17H,11H2,1H3,(H2,22,23,24,25). The smallest absolute Gasteiger partial charge is 0.322 e. The summed E-state index contributed by atoms with van der Waals surface area (Å²) in [5, 5.41) is 4.75. The lowest BCUT2D eigenvalue weighted by Gasteiger charge is -2.09. The number of benzene rings is 1. The lowest BCUT2D eigenvalue weighted by atomic mass is 10.2. The number of carbonyl (C=O) groups excluding carboxylic acids is 2. The van der Waals surface area contributed by atoms with Crippen LogP contribution in [0.4, 0.5) is 4.79 Å². The summed E-state index contributed by atoms with van der Waals surface area (Å²) in [5.74, 6) is 0.748. The molecule has 1 aliphatic rings. The molecule has 2 aromatic heterocycles. The number of nitrogens with zero attached hydrogens (tertiary/aromatic N) is 1. The predicted molar refractivity (Wildman–Crippen MR) is 102 cm³/mol. The third-order valence-corrected chi connectivity index (χ3v) is 5.15. The number of urea groups is 1. The van der Waals surface area contributed by atoms with Crippen molar-refractivity contribution in [1.82, 2.24) is 15.6 Å². The maximum Gasteiger partial charge on any atom is 0.322 e. The topological polar surface area (TPSA) is 93.5 Å². The van der Waals surface area contributed by atoms with Gasteiger partial charge in [-0.3, -0.25) is 15.1 Å². The summed E-state index contributed by atoms with van der Waals surface area (Å²) in [5.41, 5.74) is 2.11. The molecule has 0 spiro atoms. The number of hydrogen-bond acceptors (Lipinski definition) is 6. The number of aryl methyl sites for hydroxylation is 1. The number of nitrogens with one attached hydrogen (secondary N) is 2. The van der Waals surface area contributed by atoms with E-state index in [-0.39, 0.29) is 0 Å². The van der Waals surface area contributed by atoms with Crippen molar-refractivity contribution in [2.75, 3.05) is 0 Å². The summed E-state index contributed by atoms with van der Waals surface area (Å²) < 4.78 is 11.2. The molecular weight excluding hydrogens is 378 g/mol. The van der Waals surface area contributed by atoms with E-state index in [0.29, 0.717) is 12.4 Å². The molecule has 1 saturated heterocycles. The van der Waals surface area contributed by atoms with E-state index < -0.39 is 18.0 Å². The summed E-state index contributed by atoms with van der Waals surface area (Å²) in [6, 6.07) is 10.1. The number of aromatic nitrogens is 1. The largest absolute Gasteiger partial charge is 0.489 e. The van der Waals surface area contributed by atoms with E-state index >= 15 is 0 Å². The van der Waals surface area contributed by atoms with Crippen molar-refractivity contribution < 1.29 is 18.7 Å². The van der Waals surface area contributed by atoms with Gasteiger partial charge in [-0.25, -0.2) is 4.79 Å². The van der Waals surface area contributed by atoms with E-state index in [1.54, 1.807) is 18.5 Å². The van der Waals surface area contributed by atoms with Gasteiger partial charge in [0.25, 0.3) is 5.91 Å². The number of amides is 3. The van der Waals surface area contributed by atoms with Crippen LogP contribution in [0.2, 0.25) is 0 Å².